The average molecular weight is 224 g/mol. The van der Waals surface area contributed by atoms with E-state index in [-0.39, 0.29) is 5.69 Å². The molecule has 0 saturated heterocycles. The zero-order valence-electron chi connectivity index (χ0n) is 9.91. The molecule has 0 aliphatic carbocycles. The van der Waals surface area contributed by atoms with Crippen molar-refractivity contribution in [3.05, 3.63) is 16.3 Å². The van der Waals surface area contributed by atoms with Crippen molar-refractivity contribution in [1.29, 1.82) is 0 Å². The minimum Gasteiger partial charge on any atom is -0.308 e. The number of aryl methyl sites for hydroxylation is 1. The van der Waals surface area contributed by atoms with E-state index in [0.29, 0.717) is 0 Å². The van der Waals surface area contributed by atoms with Gasteiger partial charge in [0, 0.05) is 19.6 Å². The average Bonchev–Trinajstić information content (AvgIpc) is 2.63. The standard InChI is InChI=1S/C11H20N4O/c1-2-3-4-5-7-15-11(16)14-8-6-12-9-10(14)13-15/h12H,2-9H2,1H3. The van der Waals surface area contributed by atoms with Gasteiger partial charge in [0.2, 0.25) is 0 Å². The molecule has 0 bridgehead atoms. The maximum absolute atomic E-state index is 11.9. The fourth-order valence-corrected chi connectivity index (χ4v) is 2.07. The van der Waals surface area contributed by atoms with Crippen LogP contribution >= 0.6 is 0 Å². The van der Waals surface area contributed by atoms with E-state index in [9.17, 15) is 4.79 Å². The van der Waals surface area contributed by atoms with Crippen molar-refractivity contribution >= 4 is 0 Å². The first-order valence-electron chi connectivity index (χ1n) is 6.20. The first kappa shape index (κ1) is 11.4. The molecule has 0 aromatic carbocycles. The summed E-state index contributed by atoms with van der Waals surface area (Å²) < 4.78 is 3.41. The summed E-state index contributed by atoms with van der Waals surface area (Å²) in [5.74, 6) is 0.881. The molecule has 1 aromatic heterocycles. The number of fused-ring (bicyclic) bond motifs is 1. The van der Waals surface area contributed by atoms with Crippen LogP contribution in [0.4, 0.5) is 0 Å². The van der Waals surface area contributed by atoms with E-state index >= 15 is 0 Å². The van der Waals surface area contributed by atoms with Crippen molar-refractivity contribution < 1.29 is 0 Å². The van der Waals surface area contributed by atoms with E-state index in [1.165, 1.54) is 19.3 Å². The molecule has 0 unspecified atom stereocenters. The fraction of sp³-hybridized carbons (Fsp3) is 0.818. The third-order valence-electron chi connectivity index (χ3n) is 3.02. The van der Waals surface area contributed by atoms with E-state index in [4.69, 9.17) is 0 Å². The largest absolute Gasteiger partial charge is 0.345 e. The van der Waals surface area contributed by atoms with Crippen LogP contribution in [0.1, 0.15) is 38.4 Å². The lowest BCUT2D eigenvalue weighted by Gasteiger charge is -2.11. The minimum absolute atomic E-state index is 0.0630. The molecular formula is C11H20N4O. The number of unbranched alkanes of at least 4 members (excludes halogenated alkanes) is 3. The van der Waals surface area contributed by atoms with Gasteiger partial charge in [-0.05, 0) is 6.42 Å². The SMILES string of the molecule is CCCCCCn1nc2n(c1=O)CCNC2. The van der Waals surface area contributed by atoms with Crippen LogP contribution in [0.2, 0.25) is 0 Å². The molecule has 1 N–H and O–H groups in total. The zero-order chi connectivity index (χ0) is 11.4. The molecule has 0 fully saturated rings. The van der Waals surface area contributed by atoms with Crippen LogP contribution in [0, 0.1) is 0 Å². The lowest BCUT2D eigenvalue weighted by molar-refractivity contribution is 0.495. The summed E-state index contributed by atoms with van der Waals surface area (Å²) in [7, 11) is 0. The molecule has 1 aromatic rings. The summed E-state index contributed by atoms with van der Waals surface area (Å²) in [6.45, 7) is 5.29. The second-order valence-electron chi connectivity index (χ2n) is 4.31. The maximum Gasteiger partial charge on any atom is 0.345 e. The Morgan fingerprint density at radius 3 is 3.00 bits per heavy atom. The number of nitrogens with one attached hydrogen (secondary N) is 1. The highest BCUT2D eigenvalue weighted by Gasteiger charge is 2.15. The van der Waals surface area contributed by atoms with Gasteiger partial charge in [0.05, 0.1) is 6.54 Å². The van der Waals surface area contributed by atoms with Crippen LogP contribution in [0.5, 0.6) is 0 Å². The Balaban J connectivity index is 1.99. The lowest BCUT2D eigenvalue weighted by atomic mass is 10.2. The second kappa shape index (κ2) is 5.30. The smallest absolute Gasteiger partial charge is 0.308 e. The van der Waals surface area contributed by atoms with Crippen LogP contribution < -0.4 is 11.0 Å². The monoisotopic (exact) mass is 224 g/mol. The topological polar surface area (TPSA) is 51.9 Å². The normalized spacial score (nSPS) is 15.1. The molecule has 0 spiro atoms. The fourth-order valence-electron chi connectivity index (χ4n) is 2.07. The summed E-state index contributed by atoms with van der Waals surface area (Å²) >= 11 is 0. The molecule has 2 rings (SSSR count). The van der Waals surface area contributed by atoms with Gasteiger partial charge in [0.15, 0.2) is 0 Å². The molecule has 5 heteroatoms. The van der Waals surface area contributed by atoms with E-state index < -0.39 is 0 Å². The van der Waals surface area contributed by atoms with Gasteiger partial charge in [-0.15, -0.1) is 0 Å². The van der Waals surface area contributed by atoms with E-state index in [1.807, 2.05) is 0 Å². The summed E-state index contributed by atoms with van der Waals surface area (Å²) in [5, 5.41) is 7.57. The van der Waals surface area contributed by atoms with Gasteiger partial charge in [-0.1, -0.05) is 26.2 Å². The maximum atomic E-state index is 11.9. The molecule has 1 aliphatic heterocycles. The number of hydrogen-bond donors (Lipinski definition) is 1. The van der Waals surface area contributed by atoms with Crippen molar-refractivity contribution in [1.82, 2.24) is 19.7 Å². The molecule has 0 amide bonds. The number of hydrogen-bond acceptors (Lipinski definition) is 3. The first-order chi connectivity index (χ1) is 7.83. The zero-order valence-corrected chi connectivity index (χ0v) is 9.91. The molecular weight excluding hydrogens is 204 g/mol. The minimum atomic E-state index is 0.0630. The predicted octanol–water partition coefficient (Wildman–Crippen LogP) is 0.728. The molecule has 0 atom stereocenters. The summed E-state index contributed by atoms with van der Waals surface area (Å²) in [6, 6.07) is 0. The van der Waals surface area contributed by atoms with Crippen LogP contribution in [0.25, 0.3) is 0 Å². The first-order valence-corrected chi connectivity index (χ1v) is 6.20. The van der Waals surface area contributed by atoms with Gasteiger partial charge < -0.3 is 5.32 Å². The quantitative estimate of drug-likeness (QED) is 0.750. The van der Waals surface area contributed by atoms with Gasteiger partial charge >= 0.3 is 5.69 Å². The predicted molar refractivity (Wildman–Crippen MR) is 62.3 cm³/mol. The number of rotatable bonds is 5. The third-order valence-corrected chi connectivity index (χ3v) is 3.02. The Labute approximate surface area is 95.5 Å². The molecule has 16 heavy (non-hydrogen) atoms. The molecule has 2 heterocycles. The van der Waals surface area contributed by atoms with Crippen molar-refractivity contribution in [2.45, 2.75) is 52.2 Å². The van der Waals surface area contributed by atoms with Crippen molar-refractivity contribution in [2.24, 2.45) is 0 Å². The Kier molecular flexibility index (Phi) is 3.77. The van der Waals surface area contributed by atoms with Crippen LogP contribution in [-0.4, -0.2) is 20.9 Å². The highest BCUT2D eigenvalue weighted by atomic mass is 16.2. The van der Waals surface area contributed by atoms with E-state index in [2.05, 4.69) is 17.3 Å². The Morgan fingerprint density at radius 2 is 2.25 bits per heavy atom. The molecule has 5 nitrogen and oxygen atoms in total. The highest BCUT2D eigenvalue weighted by molar-refractivity contribution is 4.90. The van der Waals surface area contributed by atoms with E-state index in [1.54, 1.807) is 9.25 Å². The van der Waals surface area contributed by atoms with Crippen LogP contribution in [0.3, 0.4) is 0 Å². The Bertz CT molecular complexity index is 393. The van der Waals surface area contributed by atoms with Crippen molar-refractivity contribution in [3.63, 3.8) is 0 Å². The van der Waals surface area contributed by atoms with Gasteiger partial charge in [-0.3, -0.25) is 4.57 Å². The number of aromatic nitrogens is 3. The highest BCUT2D eigenvalue weighted by Crippen LogP contribution is 2.02. The van der Waals surface area contributed by atoms with E-state index in [0.717, 1.165) is 38.4 Å². The van der Waals surface area contributed by atoms with Crippen molar-refractivity contribution in [3.8, 4) is 0 Å². The number of nitrogens with zero attached hydrogens (tertiary/aromatic N) is 3. The van der Waals surface area contributed by atoms with Gasteiger partial charge in [0.1, 0.15) is 5.82 Å². The Hall–Kier alpha value is -1.10. The third kappa shape index (κ3) is 2.35. The molecule has 0 radical (unpaired) electrons. The molecule has 1 aliphatic rings. The summed E-state index contributed by atoms with van der Waals surface area (Å²) in [5.41, 5.74) is 0.0630. The van der Waals surface area contributed by atoms with Crippen molar-refractivity contribution in [2.75, 3.05) is 6.54 Å². The van der Waals surface area contributed by atoms with Gasteiger partial charge in [-0.25, -0.2) is 9.48 Å². The summed E-state index contributed by atoms with van der Waals surface area (Å²) in [6.07, 6.45) is 4.70. The molecule has 90 valence electrons. The van der Waals surface area contributed by atoms with Gasteiger partial charge in [0.25, 0.3) is 0 Å². The Morgan fingerprint density at radius 1 is 1.38 bits per heavy atom. The van der Waals surface area contributed by atoms with Gasteiger partial charge in [-0.2, -0.15) is 5.10 Å². The molecule has 0 saturated carbocycles. The second-order valence-corrected chi connectivity index (χ2v) is 4.31. The van der Waals surface area contributed by atoms with Crippen LogP contribution in [-0.2, 0) is 19.6 Å². The summed E-state index contributed by atoms with van der Waals surface area (Å²) in [4.78, 5) is 11.9. The van der Waals surface area contributed by atoms with Crippen LogP contribution in [0.15, 0.2) is 4.79 Å². The lowest BCUT2D eigenvalue weighted by Crippen LogP contribution is -2.34.